The van der Waals surface area contributed by atoms with E-state index in [2.05, 4.69) is 52.5 Å². The molecule has 3 amide bonds. The van der Waals surface area contributed by atoms with Crippen LogP contribution in [0.2, 0.25) is 0 Å². The van der Waals surface area contributed by atoms with Gasteiger partial charge in [0.25, 0.3) is 5.91 Å². The van der Waals surface area contributed by atoms with Crippen LogP contribution in [0.4, 0.5) is 10.5 Å². The number of rotatable bonds is 5. The SMILES string of the molecule is CNC(=O)c1cc(ONC(=O)Nc2cc(C(C)(C)C)ccc2-c2ccc(C)n2C)ccn1. The average molecular weight is 436 g/mol. The van der Waals surface area contributed by atoms with Crippen LogP contribution in [0.1, 0.15) is 42.5 Å². The zero-order valence-corrected chi connectivity index (χ0v) is 19.2. The van der Waals surface area contributed by atoms with E-state index in [9.17, 15) is 9.59 Å². The van der Waals surface area contributed by atoms with Crippen LogP contribution >= 0.6 is 0 Å². The molecule has 0 aliphatic carbocycles. The van der Waals surface area contributed by atoms with Crippen molar-refractivity contribution in [1.82, 2.24) is 20.3 Å². The van der Waals surface area contributed by atoms with E-state index in [4.69, 9.17) is 4.84 Å². The van der Waals surface area contributed by atoms with Gasteiger partial charge in [0.05, 0.1) is 11.4 Å². The summed E-state index contributed by atoms with van der Waals surface area (Å²) in [6, 6.07) is 12.6. The number of aromatic nitrogens is 2. The van der Waals surface area contributed by atoms with Gasteiger partial charge in [-0.15, -0.1) is 0 Å². The quantitative estimate of drug-likeness (QED) is 0.524. The Balaban J connectivity index is 1.83. The van der Waals surface area contributed by atoms with Gasteiger partial charge in [-0.1, -0.05) is 32.9 Å². The van der Waals surface area contributed by atoms with Gasteiger partial charge >= 0.3 is 6.03 Å². The Bertz CT molecular complexity index is 1140. The van der Waals surface area contributed by atoms with E-state index in [1.807, 2.05) is 38.2 Å². The first-order valence-electron chi connectivity index (χ1n) is 10.3. The first kappa shape index (κ1) is 22.9. The largest absolute Gasteiger partial charge is 0.378 e. The lowest BCUT2D eigenvalue weighted by atomic mass is 9.86. The number of pyridine rings is 1. The Kier molecular flexibility index (Phi) is 6.53. The summed E-state index contributed by atoms with van der Waals surface area (Å²) in [6.07, 6.45) is 1.43. The van der Waals surface area contributed by atoms with Gasteiger partial charge in [-0.2, -0.15) is 5.48 Å². The number of anilines is 1. The minimum absolute atomic E-state index is 0.0840. The molecule has 0 saturated heterocycles. The lowest BCUT2D eigenvalue weighted by Crippen LogP contribution is -2.32. The summed E-state index contributed by atoms with van der Waals surface area (Å²) in [5, 5.41) is 5.39. The second-order valence-corrected chi connectivity index (χ2v) is 8.54. The highest BCUT2D eigenvalue weighted by atomic mass is 16.7. The van der Waals surface area contributed by atoms with Gasteiger partial charge in [0, 0.05) is 43.7 Å². The fourth-order valence-corrected chi connectivity index (χ4v) is 3.20. The fourth-order valence-electron chi connectivity index (χ4n) is 3.20. The van der Waals surface area contributed by atoms with Crippen molar-refractivity contribution >= 4 is 17.6 Å². The summed E-state index contributed by atoms with van der Waals surface area (Å²) in [6.45, 7) is 8.39. The molecule has 2 heterocycles. The van der Waals surface area contributed by atoms with Crippen molar-refractivity contribution in [1.29, 1.82) is 0 Å². The third kappa shape index (κ3) is 5.08. The summed E-state index contributed by atoms with van der Waals surface area (Å²) in [5.41, 5.74) is 7.23. The highest BCUT2D eigenvalue weighted by Gasteiger charge is 2.19. The summed E-state index contributed by atoms with van der Waals surface area (Å²) in [7, 11) is 3.50. The van der Waals surface area contributed by atoms with Crippen LogP contribution in [0.25, 0.3) is 11.3 Å². The molecule has 1 aromatic carbocycles. The maximum absolute atomic E-state index is 12.6. The van der Waals surface area contributed by atoms with Crippen molar-refractivity contribution < 1.29 is 14.4 Å². The molecule has 0 aliphatic heterocycles. The number of hydroxylamine groups is 1. The van der Waals surface area contributed by atoms with Crippen molar-refractivity contribution in [3.8, 4) is 17.0 Å². The number of benzene rings is 1. The van der Waals surface area contributed by atoms with Gasteiger partial charge in [0.1, 0.15) is 5.69 Å². The van der Waals surface area contributed by atoms with E-state index in [1.165, 1.54) is 19.3 Å². The Labute approximate surface area is 188 Å². The van der Waals surface area contributed by atoms with Crippen molar-refractivity contribution in [3.05, 3.63) is 65.6 Å². The van der Waals surface area contributed by atoms with E-state index in [0.717, 1.165) is 22.5 Å². The summed E-state index contributed by atoms with van der Waals surface area (Å²) in [5.74, 6) is -0.0584. The number of nitrogens with one attached hydrogen (secondary N) is 3. The number of amides is 3. The zero-order valence-electron chi connectivity index (χ0n) is 19.2. The second-order valence-electron chi connectivity index (χ2n) is 8.54. The topological polar surface area (TPSA) is 97.3 Å². The standard InChI is InChI=1S/C24H29N5O3/c1-15-7-10-21(29(15)6)18-9-8-16(24(2,3)4)13-19(18)27-23(31)28-32-17-11-12-26-20(14-17)22(30)25-5/h7-14H,1-6H3,(H,25,30)(H2,27,28,31). The molecule has 3 N–H and O–H groups in total. The molecule has 0 saturated carbocycles. The predicted molar refractivity (Wildman–Crippen MR) is 125 cm³/mol. The summed E-state index contributed by atoms with van der Waals surface area (Å²) >= 11 is 0. The molecular formula is C24H29N5O3. The molecule has 0 spiro atoms. The van der Waals surface area contributed by atoms with Crippen LogP contribution in [-0.2, 0) is 12.5 Å². The number of aryl methyl sites for hydroxylation is 1. The minimum Gasteiger partial charge on any atom is -0.378 e. The highest BCUT2D eigenvalue weighted by Crippen LogP contribution is 2.33. The maximum Gasteiger partial charge on any atom is 0.352 e. The lowest BCUT2D eigenvalue weighted by molar-refractivity contribution is 0.0957. The molecule has 0 bridgehead atoms. The molecule has 8 nitrogen and oxygen atoms in total. The monoisotopic (exact) mass is 435 g/mol. The molecule has 3 rings (SSSR count). The molecule has 3 aromatic rings. The third-order valence-corrected chi connectivity index (χ3v) is 5.24. The van der Waals surface area contributed by atoms with Crippen molar-refractivity contribution in [2.75, 3.05) is 12.4 Å². The maximum atomic E-state index is 12.6. The number of nitrogens with zero attached hydrogens (tertiary/aromatic N) is 2. The van der Waals surface area contributed by atoms with Gasteiger partial charge in [-0.05, 0) is 36.1 Å². The highest BCUT2D eigenvalue weighted by molar-refractivity contribution is 5.94. The Morgan fingerprint density at radius 1 is 1.06 bits per heavy atom. The van der Waals surface area contributed by atoms with Crippen LogP contribution in [0.5, 0.6) is 5.75 Å². The number of hydrogen-bond donors (Lipinski definition) is 3. The average Bonchev–Trinajstić information content (AvgIpc) is 3.09. The lowest BCUT2D eigenvalue weighted by Gasteiger charge is -2.22. The molecule has 2 aromatic heterocycles. The molecule has 168 valence electrons. The van der Waals surface area contributed by atoms with E-state index in [0.29, 0.717) is 5.69 Å². The van der Waals surface area contributed by atoms with Gasteiger partial charge in [0.2, 0.25) is 0 Å². The molecule has 0 fully saturated rings. The first-order valence-corrected chi connectivity index (χ1v) is 10.3. The van der Waals surface area contributed by atoms with Crippen LogP contribution in [0.3, 0.4) is 0 Å². The van der Waals surface area contributed by atoms with Gasteiger partial charge < -0.3 is 20.0 Å². The van der Waals surface area contributed by atoms with Crippen LogP contribution in [0.15, 0.2) is 48.7 Å². The molecular weight excluding hydrogens is 406 g/mol. The van der Waals surface area contributed by atoms with Crippen molar-refractivity contribution in [2.45, 2.75) is 33.1 Å². The van der Waals surface area contributed by atoms with Crippen LogP contribution in [-0.4, -0.2) is 28.5 Å². The molecule has 0 unspecified atom stereocenters. The second kappa shape index (κ2) is 9.13. The van der Waals surface area contributed by atoms with Gasteiger partial charge in [0.15, 0.2) is 5.75 Å². The third-order valence-electron chi connectivity index (χ3n) is 5.24. The van der Waals surface area contributed by atoms with E-state index in [-0.39, 0.29) is 22.8 Å². The molecule has 8 heteroatoms. The Morgan fingerprint density at radius 2 is 1.81 bits per heavy atom. The first-order chi connectivity index (χ1) is 15.1. The van der Waals surface area contributed by atoms with Crippen molar-refractivity contribution in [2.24, 2.45) is 7.05 Å². The predicted octanol–water partition coefficient (Wildman–Crippen LogP) is 4.17. The number of carbonyl (C=O) groups excluding carboxylic acids is 2. The molecule has 0 atom stereocenters. The van der Waals surface area contributed by atoms with Gasteiger partial charge in [-0.25, -0.2) is 4.79 Å². The molecule has 0 aliphatic rings. The van der Waals surface area contributed by atoms with Crippen LogP contribution < -0.4 is 21.0 Å². The Hall–Kier alpha value is -3.81. The van der Waals surface area contributed by atoms with E-state index >= 15 is 0 Å². The fraction of sp³-hybridized carbons (Fsp3) is 0.292. The summed E-state index contributed by atoms with van der Waals surface area (Å²) in [4.78, 5) is 33.7. The normalized spacial score (nSPS) is 11.1. The Morgan fingerprint density at radius 3 is 2.44 bits per heavy atom. The number of urea groups is 1. The summed E-state index contributed by atoms with van der Waals surface area (Å²) < 4.78 is 2.07. The van der Waals surface area contributed by atoms with Gasteiger partial charge in [-0.3, -0.25) is 9.78 Å². The number of carbonyl (C=O) groups is 2. The van der Waals surface area contributed by atoms with E-state index in [1.54, 1.807) is 6.07 Å². The van der Waals surface area contributed by atoms with Crippen molar-refractivity contribution in [3.63, 3.8) is 0 Å². The smallest absolute Gasteiger partial charge is 0.352 e. The molecule has 0 radical (unpaired) electrons. The van der Waals surface area contributed by atoms with E-state index < -0.39 is 6.03 Å². The zero-order chi connectivity index (χ0) is 23.5. The van der Waals surface area contributed by atoms with Crippen LogP contribution in [0, 0.1) is 6.92 Å². The minimum atomic E-state index is -0.540. The number of hydrogen-bond acceptors (Lipinski definition) is 4. The molecule has 32 heavy (non-hydrogen) atoms.